The standard InChI is InChI=1S/C30H37N3O4S/c1-3-31-21-27(30(35)32-15-13-24(14-16-32)19-23-7-5-4-6-8-23)29(34)26-20-25(9-10-28(26)31)38(36,37)33-17-11-22(2)12-18-33/h4-10,20-22,24H,3,11-19H2,1-2H3. The summed E-state index contributed by atoms with van der Waals surface area (Å²) in [5.74, 6) is 0.748. The predicted molar refractivity (Wildman–Crippen MR) is 150 cm³/mol. The Labute approximate surface area is 225 Å². The average Bonchev–Trinajstić information content (AvgIpc) is 2.94. The molecule has 2 aliphatic rings. The maximum atomic E-state index is 13.6. The molecule has 0 atom stereocenters. The van der Waals surface area contributed by atoms with Gasteiger partial charge in [-0.1, -0.05) is 37.3 Å². The minimum absolute atomic E-state index is 0.113. The molecule has 2 aromatic carbocycles. The van der Waals surface area contributed by atoms with Crippen molar-refractivity contribution in [3.05, 3.63) is 76.1 Å². The van der Waals surface area contributed by atoms with E-state index in [0.717, 1.165) is 32.1 Å². The van der Waals surface area contributed by atoms with Gasteiger partial charge in [-0.15, -0.1) is 0 Å². The molecule has 0 spiro atoms. The van der Waals surface area contributed by atoms with Gasteiger partial charge in [0.1, 0.15) is 5.56 Å². The number of aromatic nitrogens is 1. The molecule has 0 unspecified atom stereocenters. The number of likely N-dealkylation sites (tertiary alicyclic amines) is 1. The van der Waals surface area contributed by atoms with Crippen molar-refractivity contribution in [1.29, 1.82) is 0 Å². The van der Waals surface area contributed by atoms with Crippen LogP contribution >= 0.6 is 0 Å². The lowest BCUT2D eigenvalue weighted by atomic mass is 9.90. The highest BCUT2D eigenvalue weighted by molar-refractivity contribution is 7.89. The van der Waals surface area contributed by atoms with E-state index in [9.17, 15) is 18.0 Å². The monoisotopic (exact) mass is 535 g/mol. The minimum Gasteiger partial charge on any atom is -0.347 e. The van der Waals surface area contributed by atoms with Crippen molar-refractivity contribution in [3.8, 4) is 0 Å². The molecule has 3 aromatic rings. The average molecular weight is 536 g/mol. The lowest BCUT2D eigenvalue weighted by Crippen LogP contribution is -2.41. The molecule has 1 amide bonds. The molecule has 2 saturated heterocycles. The summed E-state index contributed by atoms with van der Waals surface area (Å²) in [6, 6.07) is 15.2. The first-order valence-electron chi connectivity index (χ1n) is 13.8. The van der Waals surface area contributed by atoms with E-state index in [0.29, 0.717) is 50.1 Å². The molecule has 38 heavy (non-hydrogen) atoms. The van der Waals surface area contributed by atoms with Gasteiger partial charge in [0.15, 0.2) is 0 Å². The van der Waals surface area contributed by atoms with E-state index < -0.39 is 15.5 Å². The molecule has 8 heteroatoms. The van der Waals surface area contributed by atoms with Gasteiger partial charge in [-0.2, -0.15) is 4.31 Å². The normalized spacial score (nSPS) is 18.2. The van der Waals surface area contributed by atoms with Crippen LogP contribution in [0.4, 0.5) is 0 Å². The number of benzene rings is 2. The zero-order chi connectivity index (χ0) is 26.9. The number of piperidine rings is 2. The first-order valence-corrected chi connectivity index (χ1v) is 15.2. The Morgan fingerprint density at radius 3 is 2.29 bits per heavy atom. The zero-order valence-electron chi connectivity index (χ0n) is 22.3. The molecule has 7 nitrogen and oxygen atoms in total. The molecular formula is C30H37N3O4S. The third kappa shape index (κ3) is 5.29. The van der Waals surface area contributed by atoms with E-state index in [1.54, 1.807) is 23.2 Å². The molecule has 202 valence electrons. The molecule has 0 radical (unpaired) electrons. The number of pyridine rings is 1. The summed E-state index contributed by atoms with van der Waals surface area (Å²) in [5.41, 5.74) is 1.66. The van der Waals surface area contributed by atoms with Crippen LogP contribution in [0.3, 0.4) is 0 Å². The van der Waals surface area contributed by atoms with Crippen molar-refractivity contribution in [2.75, 3.05) is 26.2 Å². The Balaban J connectivity index is 1.40. The van der Waals surface area contributed by atoms with Gasteiger partial charge in [-0.3, -0.25) is 9.59 Å². The van der Waals surface area contributed by atoms with Gasteiger partial charge >= 0.3 is 0 Å². The predicted octanol–water partition coefficient (Wildman–Crippen LogP) is 4.54. The van der Waals surface area contributed by atoms with E-state index in [1.165, 1.54) is 15.9 Å². The summed E-state index contributed by atoms with van der Waals surface area (Å²) in [7, 11) is -3.71. The van der Waals surface area contributed by atoms with Crippen molar-refractivity contribution in [1.82, 2.24) is 13.8 Å². The number of aryl methyl sites for hydroxylation is 1. The summed E-state index contributed by atoms with van der Waals surface area (Å²) < 4.78 is 30.1. The molecular weight excluding hydrogens is 498 g/mol. The molecule has 1 aromatic heterocycles. The number of nitrogens with zero attached hydrogens (tertiary/aromatic N) is 3. The van der Waals surface area contributed by atoms with Gasteiger partial charge < -0.3 is 9.47 Å². The fraction of sp³-hybridized carbons (Fsp3) is 0.467. The smallest absolute Gasteiger partial charge is 0.259 e. The lowest BCUT2D eigenvalue weighted by molar-refractivity contribution is 0.0688. The molecule has 0 saturated carbocycles. The Bertz CT molecular complexity index is 1470. The summed E-state index contributed by atoms with van der Waals surface area (Å²) in [4.78, 5) is 29.1. The van der Waals surface area contributed by atoms with E-state index in [1.807, 2.05) is 17.6 Å². The molecule has 5 rings (SSSR count). The fourth-order valence-electron chi connectivity index (χ4n) is 5.78. The number of fused-ring (bicyclic) bond motifs is 1. The van der Waals surface area contributed by atoms with Crippen LogP contribution in [0.5, 0.6) is 0 Å². The van der Waals surface area contributed by atoms with Crippen LogP contribution in [0.1, 0.15) is 55.5 Å². The molecule has 3 heterocycles. The molecule has 0 bridgehead atoms. The van der Waals surface area contributed by atoms with E-state index >= 15 is 0 Å². The minimum atomic E-state index is -3.71. The second-order valence-electron chi connectivity index (χ2n) is 10.8. The Kier molecular flexibility index (Phi) is 7.73. The van der Waals surface area contributed by atoms with Crippen LogP contribution in [0, 0.1) is 11.8 Å². The molecule has 2 fully saturated rings. The van der Waals surface area contributed by atoms with Crippen molar-refractivity contribution < 1.29 is 13.2 Å². The van der Waals surface area contributed by atoms with Gasteiger partial charge in [-0.25, -0.2) is 8.42 Å². The second kappa shape index (κ2) is 11.0. The van der Waals surface area contributed by atoms with Crippen molar-refractivity contribution >= 4 is 26.8 Å². The maximum absolute atomic E-state index is 13.6. The lowest BCUT2D eigenvalue weighted by Gasteiger charge is -2.32. The molecule has 2 aliphatic heterocycles. The van der Waals surface area contributed by atoms with Crippen molar-refractivity contribution in [2.24, 2.45) is 11.8 Å². The van der Waals surface area contributed by atoms with Gasteiger partial charge in [0, 0.05) is 44.3 Å². The zero-order valence-corrected chi connectivity index (χ0v) is 23.1. The van der Waals surface area contributed by atoms with Crippen LogP contribution in [-0.2, 0) is 23.0 Å². The number of rotatable bonds is 6. The highest BCUT2D eigenvalue weighted by atomic mass is 32.2. The Morgan fingerprint density at radius 1 is 0.947 bits per heavy atom. The fourth-order valence-corrected chi connectivity index (χ4v) is 7.28. The number of hydrogen-bond acceptors (Lipinski definition) is 4. The van der Waals surface area contributed by atoms with Crippen LogP contribution in [0.15, 0.2) is 64.4 Å². The number of hydrogen-bond donors (Lipinski definition) is 0. The van der Waals surface area contributed by atoms with Crippen molar-refractivity contribution in [2.45, 2.75) is 57.4 Å². The highest BCUT2D eigenvalue weighted by Crippen LogP contribution is 2.26. The van der Waals surface area contributed by atoms with Crippen LogP contribution in [0.25, 0.3) is 10.9 Å². The largest absolute Gasteiger partial charge is 0.347 e. The van der Waals surface area contributed by atoms with E-state index in [2.05, 4.69) is 31.2 Å². The van der Waals surface area contributed by atoms with Gasteiger partial charge in [0.05, 0.1) is 10.4 Å². The maximum Gasteiger partial charge on any atom is 0.259 e. The highest BCUT2D eigenvalue weighted by Gasteiger charge is 2.30. The SMILES string of the molecule is CCn1cc(C(=O)N2CCC(Cc3ccccc3)CC2)c(=O)c2cc(S(=O)(=O)N3CCC(C)CC3)ccc21. The molecule has 0 N–H and O–H groups in total. The molecule has 0 aliphatic carbocycles. The summed E-state index contributed by atoms with van der Waals surface area (Å²) in [6.07, 6.45) is 6.09. The van der Waals surface area contributed by atoms with Crippen LogP contribution in [-0.4, -0.2) is 54.3 Å². The van der Waals surface area contributed by atoms with Crippen LogP contribution < -0.4 is 5.43 Å². The van der Waals surface area contributed by atoms with Gasteiger partial charge in [-0.05, 0) is 74.6 Å². The van der Waals surface area contributed by atoms with Gasteiger partial charge in [0.25, 0.3) is 5.91 Å². The third-order valence-corrected chi connectivity index (χ3v) is 10.2. The first kappa shape index (κ1) is 26.6. The number of amides is 1. The third-order valence-electron chi connectivity index (χ3n) is 8.27. The Hall–Kier alpha value is -2.97. The first-order chi connectivity index (χ1) is 18.3. The van der Waals surface area contributed by atoms with E-state index in [4.69, 9.17) is 0 Å². The topological polar surface area (TPSA) is 79.7 Å². The van der Waals surface area contributed by atoms with Crippen LogP contribution in [0.2, 0.25) is 0 Å². The summed E-state index contributed by atoms with van der Waals surface area (Å²) >= 11 is 0. The van der Waals surface area contributed by atoms with E-state index in [-0.39, 0.29) is 21.8 Å². The quantitative estimate of drug-likeness (QED) is 0.464. The number of sulfonamides is 1. The summed E-state index contributed by atoms with van der Waals surface area (Å²) in [5, 5.41) is 0.281. The number of carbonyl (C=O) groups is 1. The second-order valence-corrected chi connectivity index (χ2v) is 12.8. The summed E-state index contributed by atoms with van der Waals surface area (Å²) in [6.45, 7) is 6.85. The Morgan fingerprint density at radius 2 is 1.63 bits per heavy atom. The van der Waals surface area contributed by atoms with Crippen molar-refractivity contribution in [3.63, 3.8) is 0 Å². The van der Waals surface area contributed by atoms with Gasteiger partial charge in [0.2, 0.25) is 15.5 Å². The number of carbonyl (C=O) groups excluding carboxylic acids is 1.